The largest absolute Gasteiger partial charge is 0.324 e. The van der Waals surface area contributed by atoms with Crippen molar-refractivity contribution in [2.24, 2.45) is 5.73 Å². The third-order valence-corrected chi connectivity index (χ3v) is 5.49. The Kier molecular flexibility index (Phi) is 3.92. The van der Waals surface area contributed by atoms with Crippen LogP contribution < -0.4 is 5.73 Å². The standard InChI is InChI=1S/C17H16BrNS/c1-11-6-7-12(8-15(11)18)16(19)9-13-10-20-17-5-3-2-4-14(13)17/h2-8,10,16H,9,19H2,1H3. The Labute approximate surface area is 131 Å². The molecule has 1 atom stereocenters. The molecule has 0 saturated carbocycles. The quantitative estimate of drug-likeness (QED) is 0.692. The van der Waals surface area contributed by atoms with Crippen molar-refractivity contribution in [1.82, 2.24) is 0 Å². The van der Waals surface area contributed by atoms with Crippen molar-refractivity contribution >= 4 is 37.4 Å². The second kappa shape index (κ2) is 5.68. The van der Waals surface area contributed by atoms with E-state index in [4.69, 9.17) is 5.73 Å². The second-order valence-electron chi connectivity index (χ2n) is 5.08. The predicted octanol–water partition coefficient (Wildman–Crippen LogP) is 5.21. The third-order valence-electron chi connectivity index (χ3n) is 3.63. The maximum atomic E-state index is 6.38. The van der Waals surface area contributed by atoms with E-state index in [0.29, 0.717) is 0 Å². The normalized spacial score (nSPS) is 12.8. The number of fused-ring (bicyclic) bond motifs is 1. The van der Waals surface area contributed by atoms with Crippen molar-refractivity contribution in [2.45, 2.75) is 19.4 Å². The van der Waals surface area contributed by atoms with Crippen LogP contribution in [0.5, 0.6) is 0 Å². The third kappa shape index (κ3) is 2.66. The molecule has 0 aliphatic heterocycles. The van der Waals surface area contributed by atoms with Gasteiger partial charge in [0.15, 0.2) is 0 Å². The summed E-state index contributed by atoms with van der Waals surface area (Å²) < 4.78 is 2.46. The van der Waals surface area contributed by atoms with Gasteiger partial charge in [0.25, 0.3) is 0 Å². The van der Waals surface area contributed by atoms with Crippen LogP contribution in [-0.4, -0.2) is 0 Å². The molecular weight excluding hydrogens is 330 g/mol. The van der Waals surface area contributed by atoms with Crippen LogP contribution in [0.4, 0.5) is 0 Å². The van der Waals surface area contributed by atoms with Crippen LogP contribution in [0.2, 0.25) is 0 Å². The van der Waals surface area contributed by atoms with Gasteiger partial charge in [-0.15, -0.1) is 11.3 Å². The number of hydrogen-bond donors (Lipinski definition) is 1. The van der Waals surface area contributed by atoms with Gasteiger partial charge in [0.2, 0.25) is 0 Å². The van der Waals surface area contributed by atoms with Gasteiger partial charge in [-0.1, -0.05) is 46.3 Å². The van der Waals surface area contributed by atoms with Gasteiger partial charge < -0.3 is 5.73 Å². The second-order valence-corrected chi connectivity index (χ2v) is 6.84. The zero-order valence-electron chi connectivity index (χ0n) is 11.3. The topological polar surface area (TPSA) is 26.0 Å². The van der Waals surface area contributed by atoms with Gasteiger partial charge in [-0.2, -0.15) is 0 Å². The molecule has 0 amide bonds. The number of hydrogen-bond acceptors (Lipinski definition) is 2. The van der Waals surface area contributed by atoms with Crippen LogP contribution in [0.1, 0.15) is 22.7 Å². The summed E-state index contributed by atoms with van der Waals surface area (Å²) in [7, 11) is 0. The van der Waals surface area contributed by atoms with E-state index < -0.39 is 0 Å². The Morgan fingerprint density at radius 3 is 2.80 bits per heavy atom. The number of nitrogens with two attached hydrogens (primary N) is 1. The van der Waals surface area contributed by atoms with Crippen molar-refractivity contribution in [2.75, 3.05) is 0 Å². The number of benzene rings is 2. The van der Waals surface area contributed by atoms with Crippen LogP contribution in [0.3, 0.4) is 0 Å². The molecule has 102 valence electrons. The monoisotopic (exact) mass is 345 g/mol. The molecule has 3 rings (SSSR count). The van der Waals surface area contributed by atoms with E-state index in [-0.39, 0.29) is 6.04 Å². The molecule has 0 aliphatic carbocycles. The van der Waals surface area contributed by atoms with Crippen molar-refractivity contribution in [1.29, 1.82) is 0 Å². The van der Waals surface area contributed by atoms with Crippen LogP contribution in [0.15, 0.2) is 52.3 Å². The Bertz CT molecular complexity index is 748. The smallest absolute Gasteiger partial charge is 0.0345 e. The van der Waals surface area contributed by atoms with Crippen molar-refractivity contribution in [3.63, 3.8) is 0 Å². The summed E-state index contributed by atoms with van der Waals surface area (Å²) in [4.78, 5) is 0. The van der Waals surface area contributed by atoms with Gasteiger partial charge in [-0.05, 0) is 52.9 Å². The van der Waals surface area contributed by atoms with E-state index in [1.54, 1.807) is 11.3 Å². The number of thiophene rings is 1. The molecule has 1 nitrogen and oxygen atoms in total. The van der Waals surface area contributed by atoms with Gasteiger partial charge in [-0.25, -0.2) is 0 Å². The zero-order chi connectivity index (χ0) is 14.1. The minimum Gasteiger partial charge on any atom is -0.324 e. The van der Waals surface area contributed by atoms with Crippen LogP contribution in [-0.2, 0) is 6.42 Å². The molecule has 0 spiro atoms. The molecule has 20 heavy (non-hydrogen) atoms. The molecule has 2 aromatic carbocycles. The number of halogens is 1. The Hall–Kier alpha value is -1.16. The van der Waals surface area contributed by atoms with E-state index in [2.05, 4.69) is 70.7 Å². The van der Waals surface area contributed by atoms with Gasteiger partial charge in [0.1, 0.15) is 0 Å². The number of rotatable bonds is 3. The van der Waals surface area contributed by atoms with Gasteiger partial charge in [0, 0.05) is 15.2 Å². The van der Waals surface area contributed by atoms with Crippen molar-refractivity contribution in [3.8, 4) is 0 Å². The molecule has 3 aromatic rings. The van der Waals surface area contributed by atoms with E-state index >= 15 is 0 Å². The van der Waals surface area contributed by atoms with Gasteiger partial charge in [-0.3, -0.25) is 0 Å². The fraction of sp³-hybridized carbons (Fsp3) is 0.176. The SMILES string of the molecule is Cc1ccc(C(N)Cc2csc3ccccc23)cc1Br. The molecule has 0 saturated heterocycles. The molecule has 3 heteroatoms. The van der Waals surface area contributed by atoms with E-state index in [1.807, 2.05) is 0 Å². The summed E-state index contributed by atoms with van der Waals surface area (Å²) in [6.45, 7) is 2.09. The van der Waals surface area contributed by atoms with E-state index in [0.717, 1.165) is 10.9 Å². The van der Waals surface area contributed by atoms with E-state index in [1.165, 1.54) is 26.8 Å². The predicted molar refractivity (Wildman–Crippen MR) is 91.3 cm³/mol. The Balaban J connectivity index is 1.88. The average molecular weight is 346 g/mol. The lowest BCUT2D eigenvalue weighted by molar-refractivity contribution is 0.726. The first-order valence-corrected chi connectivity index (χ1v) is 8.29. The first kappa shape index (κ1) is 13.8. The fourth-order valence-electron chi connectivity index (χ4n) is 2.39. The van der Waals surface area contributed by atoms with Crippen LogP contribution in [0, 0.1) is 6.92 Å². The molecule has 0 aliphatic rings. The van der Waals surface area contributed by atoms with Crippen LogP contribution in [0.25, 0.3) is 10.1 Å². The van der Waals surface area contributed by atoms with Gasteiger partial charge >= 0.3 is 0 Å². The molecule has 1 aromatic heterocycles. The lowest BCUT2D eigenvalue weighted by Gasteiger charge is -2.13. The first-order chi connectivity index (χ1) is 9.65. The summed E-state index contributed by atoms with van der Waals surface area (Å²) in [5.41, 5.74) is 10.1. The first-order valence-electron chi connectivity index (χ1n) is 6.62. The van der Waals surface area contributed by atoms with Crippen LogP contribution >= 0.6 is 27.3 Å². The summed E-state index contributed by atoms with van der Waals surface area (Å²) >= 11 is 5.37. The highest BCUT2D eigenvalue weighted by Gasteiger charge is 2.11. The molecule has 2 N–H and O–H groups in total. The summed E-state index contributed by atoms with van der Waals surface area (Å²) in [6, 6.07) is 14.9. The Morgan fingerprint density at radius 1 is 1.20 bits per heavy atom. The lowest BCUT2D eigenvalue weighted by Crippen LogP contribution is -2.13. The van der Waals surface area contributed by atoms with Gasteiger partial charge in [0.05, 0.1) is 0 Å². The van der Waals surface area contributed by atoms with E-state index in [9.17, 15) is 0 Å². The summed E-state index contributed by atoms with van der Waals surface area (Å²) in [6.07, 6.45) is 0.875. The molecular formula is C17H16BrNS. The maximum Gasteiger partial charge on any atom is 0.0345 e. The minimum absolute atomic E-state index is 0.0323. The summed E-state index contributed by atoms with van der Waals surface area (Å²) in [5, 5.41) is 3.56. The highest BCUT2D eigenvalue weighted by molar-refractivity contribution is 9.10. The van der Waals surface area contributed by atoms with Crippen molar-refractivity contribution < 1.29 is 0 Å². The molecule has 1 unspecified atom stereocenters. The minimum atomic E-state index is 0.0323. The highest BCUT2D eigenvalue weighted by atomic mass is 79.9. The zero-order valence-corrected chi connectivity index (χ0v) is 13.7. The van der Waals surface area contributed by atoms with Crippen molar-refractivity contribution in [3.05, 3.63) is 69.0 Å². The molecule has 0 bridgehead atoms. The highest BCUT2D eigenvalue weighted by Crippen LogP contribution is 2.29. The Morgan fingerprint density at radius 2 is 2.00 bits per heavy atom. The maximum absolute atomic E-state index is 6.38. The molecule has 1 heterocycles. The lowest BCUT2D eigenvalue weighted by atomic mass is 9.98. The molecule has 0 fully saturated rings. The average Bonchev–Trinajstić information content (AvgIpc) is 2.85. The molecule has 0 radical (unpaired) electrons. The fourth-order valence-corrected chi connectivity index (χ4v) is 3.76. The number of aryl methyl sites for hydroxylation is 1. The summed E-state index contributed by atoms with van der Waals surface area (Å²) in [5.74, 6) is 0.